The van der Waals surface area contributed by atoms with Gasteiger partial charge in [0.2, 0.25) is 5.91 Å². The molecule has 5 nitrogen and oxygen atoms in total. The van der Waals surface area contributed by atoms with Gasteiger partial charge < -0.3 is 5.32 Å². The lowest BCUT2D eigenvalue weighted by atomic mass is 9.84. The number of carbonyl (C=O) groups excluding carboxylic acids is 1. The summed E-state index contributed by atoms with van der Waals surface area (Å²) in [6.45, 7) is 4.08. The number of nitrogens with zero attached hydrogens (tertiary/aromatic N) is 3. The molecule has 1 aromatic heterocycles. The van der Waals surface area contributed by atoms with Crippen LogP contribution >= 0.6 is 11.8 Å². The van der Waals surface area contributed by atoms with Crippen LogP contribution in [0.2, 0.25) is 0 Å². The van der Waals surface area contributed by atoms with Crippen molar-refractivity contribution in [3.63, 3.8) is 0 Å². The van der Waals surface area contributed by atoms with Gasteiger partial charge in [0, 0.05) is 12.1 Å². The second-order valence-electron chi connectivity index (χ2n) is 9.28. The van der Waals surface area contributed by atoms with E-state index >= 15 is 0 Å². The number of aromatic nitrogens is 3. The van der Waals surface area contributed by atoms with Crippen LogP contribution in [0.3, 0.4) is 0 Å². The average molecular weight is 429 g/mol. The van der Waals surface area contributed by atoms with Gasteiger partial charge in [-0.15, -0.1) is 10.2 Å². The Kier molecular flexibility index (Phi) is 5.33. The molecular formula is C23H29FN4OS. The highest BCUT2D eigenvalue weighted by atomic mass is 32.2. The molecule has 5 unspecified atom stereocenters. The second kappa shape index (κ2) is 7.98. The van der Waals surface area contributed by atoms with E-state index in [4.69, 9.17) is 0 Å². The smallest absolute Gasteiger partial charge is 0.233 e. The van der Waals surface area contributed by atoms with E-state index in [-0.39, 0.29) is 23.0 Å². The van der Waals surface area contributed by atoms with Gasteiger partial charge in [0.15, 0.2) is 11.0 Å². The molecule has 2 bridgehead atoms. The van der Waals surface area contributed by atoms with E-state index in [0.717, 1.165) is 24.7 Å². The Morgan fingerprint density at radius 3 is 2.63 bits per heavy atom. The summed E-state index contributed by atoms with van der Waals surface area (Å²) in [5.41, 5.74) is 0.464. The minimum atomic E-state index is -0.297. The van der Waals surface area contributed by atoms with Crippen LogP contribution in [-0.4, -0.2) is 32.0 Å². The zero-order chi connectivity index (χ0) is 20.8. The molecule has 3 aliphatic rings. The monoisotopic (exact) mass is 428 g/mol. The van der Waals surface area contributed by atoms with E-state index in [1.165, 1.54) is 43.5 Å². The number of halogens is 1. The van der Waals surface area contributed by atoms with Crippen LogP contribution in [0.25, 0.3) is 11.4 Å². The summed E-state index contributed by atoms with van der Waals surface area (Å²) in [5, 5.41) is 12.3. The summed E-state index contributed by atoms with van der Waals surface area (Å²) in [6.07, 6.45) is 7.37. The van der Waals surface area contributed by atoms with Crippen LogP contribution in [-0.2, 0) is 4.79 Å². The topological polar surface area (TPSA) is 59.8 Å². The van der Waals surface area contributed by atoms with Crippen molar-refractivity contribution in [3.05, 3.63) is 30.1 Å². The van der Waals surface area contributed by atoms with E-state index in [0.29, 0.717) is 28.5 Å². The van der Waals surface area contributed by atoms with Gasteiger partial charge in [0.1, 0.15) is 5.82 Å². The molecule has 2 aromatic rings. The number of rotatable bonds is 7. The maximum absolute atomic E-state index is 14.3. The van der Waals surface area contributed by atoms with E-state index < -0.39 is 0 Å². The summed E-state index contributed by atoms with van der Waals surface area (Å²) >= 11 is 1.42. The number of thioether (sulfide) groups is 1. The second-order valence-corrected chi connectivity index (χ2v) is 10.6. The highest BCUT2D eigenvalue weighted by Gasteiger charge is 2.42. The molecule has 3 aliphatic carbocycles. The number of benzene rings is 1. The SMILES string of the molecule is CC(Sc1nnc(-c2ccccc2F)n1C1CC1)C(=O)NC(C)C1CC2CCC1C2. The van der Waals surface area contributed by atoms with Gasteiger partial charge >= 0.3 is 0 Å². The Morgan fingerprint density at radius 1 is 1.17 bits per heavy atom. The number of fused-ring (bicyclic) bond motifs is 2. The number of carbonyl (C=O) groups is 1. The van der Waals surface area contributed by atoms with Gasteiger partial charge in [-0.25, -0.2) is 4.39 Å². The van der Waals surface area contributed by atoms with Gasteiger partial charge in [-0.05, 0) is 75.8 Å². The maximum atomic E-state index is 14.3. The van der Waals surface area contributed by atoms with Gasteiger partial charge in [-0.2, -0.15) is 0 Å². The quantitative estimate of drug-likeness (QED) is 0.641. The molecule has 3 fully saturated rings. The molecule has 5 rings (SSSR count). The van der Waals surface area contributed by atoms with Crippen molar-refractivity contribution in [2.24, 2.45) is 17.8 Å². The normalized spacial score (nSPS) is 27.2. The summed E-state index contributed by atoms with van der Waals surface area (Å²) in [4.78, 5) is 12.9. The van der Waals surface area contributed by atoms with Gasteiger partial charge in [0.25, 0.3) is 0 Å². The summed E-state index contributed by atoms with van der Waals surface area (Å²) in [5.74, 6) is 2.59. The van der Waals surface area contributed by atoms with Crippen LogP contribution in [0.15, 0.2) is 29.4 Å². The summed E-state index contributed by atoms with van der Waals surface area (Å²) in [6, 6.07) is 7.17. The Balaban J connectivity index is 1.28. The molecule has 7 heteroatoms. The predicted molar refractivity (Wildman–Crippen MR) is 116 cm³/mol. The third kappa shape index (κ3) is 3.77. The fourth-order valence-electron chi connectivity index (χ4n) is 5.41. The van der Waals surface area contributed by atoms with Crippen molar-refractivity contribution < 1.29 is 9.18 Å². The van der Waals surface area contributed by atoms with Crippen molar-refractivity contribution in [3.8, 4) is 11.4 Å². The van der Waals surface area contributed by atoms with Crippen LogP contribution < -0.4 is 5.32 Å². The number of amides is 1. The van der Waals surface area contributed by atoms with E-state index in [1.54, 1.807) is 12.1 Å². The molecule has 3 saturated carbocycles. The van der Waals surface area contributed by atoms with Crippen LogP contribution in [0.4, 0.5) is 4.39 Å². The van der Waals surface area contributed by atoms with Crippen molar-refractivity contribution in [2.75, 3.05) is 0 Å². The molecule has 1 aromatic carbocycles. The first-order valence-electron chi connectivity index (χ1n) is 11.2. The fraction of sp³-hybridized carbons (Fsp3) is 0.609. The van der Waals surface area contributed by atoms with Gasteiger partial charge in [-0.3, -0.25) is 9.36 Å². The Morgan fingerprint density at radius 2 is 1.97 bits per heavy atom. The first-order valence-corrected chi connectivity index (χ1v) is 12.1. The highest BCUT2D eigenvalue weighted by molar-refractivity contribution is 8.00. The van der Waals surface area contributed by atoms with Crippen molar-refractivity contribution in [1.29, 1.82) is 0 Å². The molecule has 160 valence electrons. The average Bonchev–Trinajstić information content (AvgIpc) is 3.15. The molecule has 0 radical (unpaired) electrons. The standard InChI is InChI=1S/C23H29FN4OS/c1-13(19-12-15-7-8-16(19)11-15)25-22(29)14(2)30-23-27-26-21(28(23)17-9-10-17)18-5-3-4-6-20(18)24/h3-6,13-17,19H,7-12H2,1-2H3,(H,25,29). The number of hydrogen-bond donors (Lipinski definition) is 1. The lowest BCUT2D eigenvalue weighted by Crippen LogP contribution is -2.43. The Labute approximate surface area is 181 Å². The first-order chi connectivity index (χ1) is 14.5. The Bertz CT molecular complexity index is 943. The third-order valence-electron chi connectivity index (χ3n) is 7.15. The molecule has 0 spiro atoms. The Hall–Kier alpha value is -1.89. The molecule has 0 saturated heterocycles. The lowest BCUT2D eigenvalue weighted by molar-refractivity contribution is -0.121. The largest absolute Gasteiger partial charge is 0.352 e. The van der Waals surface area contributed by atoms with Gasteiger partial charge in [-0.1, -0.05) is 30.3 Å². The zero-order valence-electron chi connectivity index (χ0n) is 17.6. The summed E-state index contributed by atoms with van der Waals surface area (Å²) < 4.78 is 16.4. The highest BCUT2D eigenvalue weighted by Crippen LogP contribution is 2.49. The zero-order valence-corrected chi connectivity index (χ0v) is 18.4. The van der Waals surface area contributed by atoms with E-state index in [1.807, 2.05) is 17.6 Å². The van der Waals surface area contributed by atoms with Crippen molar-refractivity contribution >= 4 is 17.7 Å². The molecule has 1 amide bonds. The third-order valence-corrected chi connectivity index (χ3v) is 8.20. The number of nitrogens with one attached hydrogen (secondary N) is 1. The molecule has 1 N–H and O–H groups in total. The van der Waals surface area contributed by atoms with Gasteiger partial charge in [0.05, 0.1) is 10.8 Å². The molecule has 30 heavy (non-hydrogen) atoms. The predicted octanol–water partition coefficient (Wildman–Crippen LogP) is 4.84. The van der Waals surface area contributed by atoms with Crippen LogP contribution in [0, 0.1) is 23.6 Å². The first kappa shape index (κ1) is 20.0. The molecular weight excluding hydrogens is 399 g/mol. The van der Waals surface area contributed by atoms with Crippen LogP contribution in [0.5, 0.6) is 0 Å². The van der Waals surface area contributed by atoms with Crippen molar-refractivity contribution in [2.45, 2.75) is 74.9 Å². The lowest BCUT2D eigenvalue weighted by Gasteiger charge is -2.29. The van der Waals surface area contributed by atoms with Crippen molar-refractivity contribution in [1.82, 2.24) is 20.1 Å². The fourth-order valence-corrected chi connectivity index (χ4v) is 6.34. The number of hydrogen-bond acceptors (Lipinski definition) is 4. The molecule has 0 aliphatic heterocycles. The van der Waals surface area contributed by atoms with E-state index in [9.17, 15) is 9.18 Å². The molecule has 5 atom stereocenters. The van der Waals surface area contributed by atoms with E-state index in [2.05, 4.69) is 22.4 Å². The summed E-state index contributed by atoms with van der Waals surface area (Å²) in [7, 11) is 0. The molecule has 1 heterocycles. The maximum Gasteiger partial charge on any atom is 0.233 e. The minimum absolute atomic E-state index is 0.0491. The minimum Gasteiger partial charge on any atom is -0.352 e. The van der Waals surface area contributed by atoms with Crippen LogP contribution in [0.1, 0.15) is 58.4 Å².